The lowest BCUT2D eigenvalue weighted by atomic mass is 10.2. The van der Waals surface area contributed by atoms with E-state index in [1.54, 1.807) is 6.20 Å². The van der Waals surface area contributed by atoms with Crippen LogP contribution in [0.3, 0.4) is 0 Å². The van der Waals surface area contributed by atoms with Crippen molar-refractivity contribution in [3.05, 3.63) is 58.0 Å². The summed E-state index contributed by atoms with van der Waals surface area (Å²) >= 11 is 0. The van der Waals surface area contributed by atoms with Crippen LogP contribution in [0.2, 0.25) is 0 Å². The number of hydrogen-bond acceptors (Lipinski definition) is 5. The Kier molecular flexibility index (Phi) is 4.52. The van der Waals surface area contributed by atoms with Crippen molar-refractivity contribution in [3.8, 4) is 11.6 Å². The molecule has 0 saturated carbocycles. The number of aromatic nitrogens is 3. The van der Waals surface area contributed by atoms with E-state index in [9.17, 15) is 9.90 Å². The standard InChI is InChI=1S/C17H20N4O3/c1-20(2)11-12-10-18-21-15(12)19-16(22)14(17(21)23)8-9-24-13-6-4-3-5-7-13/h3-7,10,23H,8-9,11H2,1-2H3,(H,19,22). The summed E-state index contributed by atoms with van der Waals surface area (Å²) in [6, 6.07) is 9.34. The Hall–Kier alpha value is -2.80. The number of aromatic amines is 1. The number of aromatic hydroxyl groups is 1. The normalized spacial score (nSPS) is 11.3. The van der Waals surface area contributed by atoms with E-state index in [0.29, 0.717) is 12.2 Å². The number of H-pyrrole nitrogens is 1. The van der Waals surface area contributed by atoms with Gasteiger partial charge in [-0.2, -0.15) is 9.61 Å². The van der Waals surface area contributed by atoms with E-state index in [0.717, 1.165) is 11.3 Å². The third kappa shape index (κ3) is 3.26. The van der Waals surface area contributed by atoms with Gasteiger partial charge in [-0.3, -0.25) is 4.79 Å². The lowest BCUT2D eigenvalue weighted by Gasteiger charge is -2.10. The van der Waals surface area contributed by atoms with Gasteiger partial charge in [-0.05, 0) is 26.2 Å². The molecule has 0 aliphatic heterocycles. The molecule has 2 aromatic heterocycles. The highest BCUT2D eigenvalue weighted by Gasteiger charge is 2.16. The van der Waals surface area contributed by atoms with Gasteiger partial charge < -0.3 is 19.7 Å². The van der Waals surface area contributed by atoms with E-state index in [1.807, 2.05) is 49.3 Å². The highest BCUT2D eigenvalue weighted by Crippen LogP contribution is 2.18. The first-order valence-electron chi connectivity index (χ1n) is 7.69. The van der Waals surface area contributed by atoms with Crippen LogP contribution in [0.5, 0.6) is 11.6 Å². The van der Waals surface area contributed by atoms with Gasteiger partial charge >= 0.3 is 0 Å². The maximum Gasteiger partial charge on any atom is 0.258 e. The van der Waals surface area contributed by atoms with Gasteiger partial charge in [0.15, 0.2) is 0 Å². The van der Waals surface area contributed by atoms with Gasteiger partial charge in [0.1, 0.15) is 11.4 Å². The number of hydrogen-bond donors (Lipinski definition) is 2. The third-order valence-corrected chi connectivity index (χ3v) is 3.67. The number of nitrogens with one attached hydrogen (secondary N) is 1. The topological polar surface area (TPSA) is 82.9 Å². The second-order valence-electron chi connectivity index (χ2n) is 5.84. The number of para-hydroxylation sites is 1. The summed E-state index contributed by atoms with van der Waals surface area (Å²) in [7, 11) is 3.85. The number of rotatable bonds is 6. The van der Waals surface area contributed by atoms with Crippen LogP contribution >= 0.6 is 0 Å². The van der Waals surface area contributed by atoms with Crippen molar-refractivity contribution < 1.29 is 9.84 Å². The molecule has 0 amide bonds. The Balaban J connectivity index is 1.82. The molecule has 0 atom stereocenters. The predicted octanol–water partition coefficient (Wildman–Crippen LogP) is 1.41. The van der Waals surface area contributed by atoms with Gasteiger partial charge in [-0.1, -0.05) is 18.2 Å². The highest BCUT2D eigenvalue weighted by molar-refractivity contribution is 5.49. The maximum atomic E-state index is 12.3. The minimum absolute atomic E-state index is 0.143. The molecule has 0 aliphatic carbocycles. The average molecular weight is 328 g/mol. The molecule has 0 spiro atoms. The van der Waals surface area contributed by atoms with E-state index in [4.69, 9.17) is 4.74 Å². The van der Waals surface area contributed by atoms with Gasteiger partial charge in [0.05, 0.1) is 18.4 Å². The van der Waals surface area contributed by atoms with Gasteiger partial charge in [0.25, 0.3) is 5.56 Å². The van der Waals surface area contributed by atoms with Crippen LogP contribution in [-0.4, -0.2) is 45.3 Å². The highest BCUT2D eigenvalue weighted by atomic mass is 16.5. The molecule has 0 fully saturated rings. The van der Waals surface area contributed by atoms with Crippen LogP contribution in [-0.2, 0) is 13.0 Å². The monoisotopic (exact) mass is 328 g/mol. The Bertz CT molecular complexity index is 884. The Morgan fingerprint density at radius 3 is 2.75 bits per heavy atom. The molecule has 2 heterocycles. The van der Waals surface area contributed by atoms with Gasteiger partial charge in [0, 0.05) is 18.5 Å². The molecule has 0 saturated heterocycles. The predicted molar refractivity (Wildman–Crippen MR) is 90.5 cm³/mol. The van der Waals surface area contributed by atoms with Gasteiger partial charge in [-0.25, -0.2) is 0 Å². The largest absolute Gasteiger partial charge is 0.493 e. The van der Waals surface area contributed by atoms with E-state index in [1.165, 1.54) is 4.52 Å². The van der Waals surface area contributed by atoms with E-state index in [-0.39, 0.29) is 30.0 Å². The summed E-state index contributed by atoms with van der Waals surface area (Å²) in [6.07, 6.45) is 1.93. The van der Waals surface area contributed by atoms with Crippen molar-refractivity contribution in [3.63, 3.8) is 0 Å². The van der Waals surface area contributed by atoms with Crippen molar-refractivity contribution >= 4 is 5.65 Å². The zero-order valence-electron chi connectivity index (χ0n) is 13.7. The average Bonchev–Trinajstić information content (AvgIpc) is 2.94. The molecule has 24 heavy (non-hydrogen) atoms. The number of benzene rings is 1. The molecule has 0 unspecified atom stereocenters. The quantitative estimate of drug-likeness (QED) is 0.715. The lowest BCUT2D eigenvalue weighted by Crippen LogP contribution is -2.19. The Morgan fingerprint density at radius 1 is 1.29 bits per heavy atom. The van der Waals surface area contributed by atoms with Crippen LogP contribution in [0.1, 0.15) is 11.1 Å². The summed E-state index contributed by atoms with van der Waals surface area (Å²) in [6.45, 7) is 0.910. The molecular weight excluding hydrogens is 308 g/mol. The summed E-state index contributed by atoms with van der Waals surface area (Å²) in [5.41, 5.74) is 1.30. The fourth-order valence-electron chi connectivity index (χ4n) is 2.56. The molecule has 1 aromatic carbocycles. The fraction of sp³-hybridized carbons (Fsp3) is 0.294. The first kappa shape index (κ1) is 16.1. The number of fused-ring (bicyclic) bond motifs is 1. The van der Waals surface area contributed by atoms with Crippen molar-refractivity contribution in [2.24, 2.45) is 0 Å². The minimum atomic E-state index is -0.322. The van der Waals surface area contributed by atoms with E-state index in [2.05, 4.69) is 10.1 Å². The molecular formula is C17H20N4O3. The summed E-state index contributed by atoms with van der Waals surface area (Å²) in [4.78, 5) is 17.1. The van der Waals surface area contributed by atoms with Gasteiger partial charge in [-0.15, -0.1) is 0 Å². The minimum Gasteiger partial charge on any atom is -0.493 e. The first-order valence-corrected chi connectivity index (χ1v) is 7.69. The lowest BCUT2D eigenvalue weighted by molar-refractivity contribution is 0.317. The molecule has 0 radical (unpaired) electrons. The second-order valence-corrected chi connectivity index (χ2v) is 5.84. The van der Waals surface area contributed by atoms with Crippen LogP contribution in [0.4, 0.5) is 0 Å². The van der Waals surface area contributed by atoms with Crippen molar-refractivity contribution in [2.45, 2.75) is 13.0 Å². The first-order chi connectivity index (χ1) is 11.6. The van der Waals surface area contributed by atoms with E-state index >= 15 is 0 Å². The smallest absolute Gasteiger partial charge is 0.258 e. The van der Waals surface area contributed by atoms with Crippen LogP contribution in [0, 0.1) is 0 Å². The maximum absolute atomic E-state index is 12.3. The van der Waals surface area contributed by atoms with E-state index < -0.39 is 0 Å². The fourth-order valence-corrected chi connectivity index (χ4v) is 2.56. The zero-order chi connectivity index (χ0) is 17.1. The molecule has 3 rings (SSSR count). The Labute approximate surface area is 139 Å². The summed E-state index contributed by atoms with van der Waals surface area (Å²) in [5.74, 6) is 0.581. The second kappa shape index (κ2) is 6.76. The summed E-state index contributed by atoms with van der Waals surface area (Å²) < 4.78 is 6.95. The molecule has 0 aliphatic rings. The molecule has 7 nitrogen and oxygen atoms in total. The third-order valence-electron chi connectivity index (χ3n) is 3.67. The summed E-state index contributed by atoms with van der Waals surface area (Å²) in [5, 5.41) is 14.6. The number of nitrogens with zero attached hydrogens (tertiary/aromatic N) is 3. The van der Waals surface area contributed by atoms with Gasteiger partial charge in [0.2, 0.25) is 5.88 Å². The molecule has 2 N–H and O–H groups in total. The molecule has 0 bridgehead atoms. The van der Waals surface area contributed by atoms with Crippen molar-refractivity contribution in [2.75, 3.05) is 20.7 Å². The van der Waals surface area contributed by atoms with Crippen molar-refractivity contribution in [1.82, 2.24) is 19.5 Å². The van der Waals surface area contributed by atoms with Crippen LogP contribution < -0.4 is 10.3 Å². The van der Waals surface area contributed by atoms with Crippen molar-refractivity contribution in [1.29, 1.82) is 0 Å². The molecule has 126 valence electrons. The number of ether oxygens (including phenoxy) is 1. The zero-order valence-corrected chi connectivity index (χ0v) is 13.7. The molecule has 3 aromatic rings. The molecule has 7 heteroatoms. The SMILES string of the molecule is CN(C)Cc1cnn2c(O)c(CCOc3ccccc3)c(=O)[nH]c12. The van der Waals surface area contributed by atoms with Crippen LogP contribution in [0.15, 0.2) is 41.3 Å². The Morgan fingerprint density at radius 2 is 2.04 bits per heavy atom. The van der Waals surface area contributed by atoms with Crippen LogP contribution in [0.25, 0.3) is 5.65 Å².